The summed E-state index contributed by atoms with van der Waals surface area (Å²) in [6.45, 7) is 14.9. The fourth-order valence-electron chi connectivity index (χ4n) is 3.30. The van der Waals surface area contributed by atoms with Crippen LogP contribution in [0.4, 0.5) is 17.1 Å². The highest BCUT2D eigenvalue weighted by molar-refractivity contribution is 6.21. The Morgan fingerprint density at radius 2 is 1.71 bits per heavy atom. The summed E-state index contributed by atoms with van der Waals surface area (Å²) < 4.78 is 0. The number of allylic oxidation sites excluding steroid dienone is 3. The number of rotatable bonds is 10. The fraction of sp³-hybridized carbons (Fsp3) is 0.357. The number of nitrogens with zero attached hydrogens (tertiary/aromatic N) is 2. The van der Waals surface area contributed by atoms with Crippen molar-refractivity contribution in [3.63, 3.8) is 0 Å². The molecule has 3 nitrogen and oxygen atoms in total. The zero-order chi connectivity index (χ0) is 22.8. The Bertz CT molecular complexity index is 955. The van der Waals surface area contributed by atoms with Crippen LogP contribution >= 0.6 is 0 Å². The second-order valence-electron chi connectivity index (χ2n) is 8.25. The summed E-state index contributed by atoms with van der Waals surface area (Å²) in [5.74, 6) is 0.576. The number of aliphatic imine (C=N–C) groups is 2. The summed E-state index contributed by atoms with van der Waals surface area (Å²) in [5.41, 5.74) is 8.75. The van der Waals surface area contributed by atoms with E-state index in [1.807, 2.05) is 12.3 Å². The molecular weight excluding hydrogens is 378 g/mol. The van der Waals surface area contributed by atoms with Crippen LogP contribution in [0.15, 0.2) is 70.7 Å². The molecule has 31 heavy (non-hydrogen) atoms. The molecule has 0 radical (unpaired) electrons. The van der Waals surface area contributed by atoms with Gasteiger partial charge in [-0.05, 0) is 79.1 Å². The smallest absolute Gasteiger partial charge is 0.0715 e. The van der Waals surface area contributed by atoms with Gasteiger partial charge in [0.05, 0.1) is 11.4 Å². The monoisotopic (exact) mass is 415 g/mol. The van der Waals surface area contributed by atoms with Gasteiger partial charge in [0.25, 0.3) is 0 Å². The zero-order valence-corrected chi connectivity index (χ0v) is 20.0. The van der Waals surface area contributed by atoms with Crippen LogP contribution in [0.5, 0.6) is 0 Å². The molecule has 0 saturated heterocycles. The molecule has 1 N–H and O–H groups in total. The normalized spacial score (nSPS) is 12.6. The van der Waals surface area contributed by atoms with Gasteiger partial charge in [-0.15, -0.1) is 0 Å². The van der Waals surface area contributed by atoms with Crippen molar-refractivity contribution < 1.29 is 0 Å². The molecule has 2 rings (SSSR count). The first-order chi connectivity index (χ1) is 14.9. The SMILES string of the molecule is C=CC(=N\c1cc(Nc2cc(CC)cc(CC)c2)ccc1C)/C(/C=N\C)=C/CC(C)C. The van der Waals surface area contributed by atoms with Gasteiger partial charge >= 0.3 is 0 Å². The molecule has 3 heteroatoms. The van der Waals surface area contributed by atoms with Crippen LogP contribution in [0.1, 0.15) is 50.8 Å². The minimum Gasteiger partial charge on any atom is -0.355 e. The summed E-state index contributed by atoms with van der Waals surface area (Å²) in [6, 6.07) is 13.1. The van der Waals surface area contributed by atoms with Gasteiger partial charge in [0.2, 0.25) is 0 Å². The highest BCUT2D eigenvalue weighted by Gasteiger charge is 2.07. The molecule has 0 amide bonds. The molecule has 0 aromatic heterocycles. The van der Waals surface area contributed by atoms with E-state index < -0.39 is 0 Å². The first-order valence-corrected chi connectivity index (χ1v) is 11.2. The number of aryl methyl sites for hydroxylation is 3. The molecule has 0 heterocycles. The van der Waals surface area contributed by atoms with E-state index >= 15 is 0 Å². The second kappa shape index (κ2) is 12.0. The van der Waals surface area contributed by atoms with Crippen molar-refractivity contribution in [2.24, 2.45) is 15.9 Å². The van der Waals surface area contributed by atoms with Crippen LogP contribution in [0.25, 0.3) is 0 Å². The average molecular weight is 416 g/mol. The van der Waals surface area contributed by atoms with E-state index in [0.717, 1.165) is 53.2 Å². The third-order valence-corrected chi connectivity index (χ3v) is 5.17. The highest BCUT2D eigenvalue weighted by atomic mass is 14.9. The van der Waals surface area contributed by atoms with Crippen molar-refractivity contribution in [3.05, 3.63) is 77.4 Å². The third-order valence-electron chi connectivity index (χ3n) is 5.17. The quantitative estimate of drug-likeness (QED) is 0.395. The molecule has 0 aliphatic rings. The summed E-state index contributed by atoms with van der Waals surface area (Å²) >= 11 is 0. The fourth-order valence-corrected chi connectivity index (χ4v) is 3.30. The second-order valence-corrected chi connectivity index (χ2v) is 8.25. The number of hydrogen-bond acceptors (Lipinski definition) is 3. The van der Waals surface area contributed by atoms with Crippen molar-refractivity contribution in [1.82, 2.24) is 0 Å². The van der Waals surface area contributed by atoms with Crippen molar-refractivity contribution >= 4 is 29.0 Å². The molecule has 0 unspecified atom stereocenters. The summed E-state index contributed by atoms with van der Waals surface area (Å²) in [7, 11) is 1.79. The van der Waals surface area contributed by atoms with E-state index in [4.69, 9.17) is 4.99 Å². The molecule has 2 aromatic carbocycles. The maximum atomic E-state index is 4.94. The van der Waals surface area contributed by atoms with Gasteiger partial charge in [-0.2, -0.15) is 0 Å². The minimum absolute atomic E-state index is 0.576. The van der Waals surface area contributed by atoms with Crippen LogP contribution < -0.4 is 5.32 Å². The predicted molar refractivity (Wildman–Crippen MR) is 139 cm³/mol. The molecule has 0 spiro atoms. The topological polar surface area (TPSA) is 36.8 Å². The van der Waals surface area contributed by atoms with E-state index in [-0.39, 0.29) is 0 Å². The zero-order valence-electron chi connectivity index (χ0n) is 20.0. The van der Waals surface area contributed by atoms with Crippen molar-refractivity contribution in [3.8, 4) is 0 Å². The molecule has 0 atom stereocenters. The van der Waals surface area contributed by atoms with Gasteiger partial charge in [-0.3, -0.25) is 4.99 Å². The minimum atomic E-state index is 0.576. The Balaban J connectivity index is 2.41. The molecular formula is C28H37N3. The molecule has 0 fully saturated rings. The van der Waals surface area contributed by atoms with Gasteiger partial charge in [-0.1, -0.05) is 52.5 Å². The van der Waals surface area contributed by atoms with Crippen LogP contribution in [0, 0.1) is 12.8 Å². The molecule has 0 saturated carbocycles. The van der Waals surface area contributed by atoms with Crippen LogP contribution in [-0.4, -0.2) is 19.0 Å². The van der Waals surface area contributed by atoms with E-state index in [9.17, 15) is 0 Å². The average Bonchev–Trinajstić information content (AvgIpc) is 2.76. The first kappa shape index (κ1) is 24.3. The van der Waals surface area contributed by atoms with E-state index in [1.54, 1.807) is 7.05 Å². The van der Waals surface area contributed by atoms with Gasteiger partial charge in [-0.25, -0.2) is 4.99 Å². The van der Waals surface area contributed by atoms with E-state index in [0.29, 0.717) is 5.92 Å². The number of nitrogens with one attached hydrogen (secondary N) is 1. The van der Waals surface area contributed by atoms with Crippen molar-refractivity contribution in [2.75, 3.05) is 12.4 Å². The summed E-state index contributed by atoms with van der Waals surface area (Å²) in [6.07, 6.45) is 8.90. The lowest BCUT2D eigenvalue weighted by Gasteiger charge is -2.12. The molecule has 2 aromatic rings. The lowest BCUT2D eigenvalue weighted by atomic mass is 10.0. The number of benzene rings is 2. The summed E-state index contributed by atoms with van der Waals surface area (Å²) in [4.78, 5) is 9.16. The van der Waals surface area contributed by atoms with Crippen molar-refractivity contribution in [1.29, 1.82) is 0 Å². The number of hydrogen-bond donors (Lipinski definition) is 1. The lowest BCUT2D eigenvalue weighted by Crippen LogP contribution is -2.02. The third kappa shape index (κ3) is 7.36. The van der Waals surface area contributed by atoms with Gasteiger partial charge in [0, 0.05) is 30.2 Å². The predicted octanol–water partition coefficient (Wildman–Crippen LogP) is 7.80. The Kier molecular flexibility index (Phi) is 9.45. The Hall–Kier alpha value is -2.94. The Morgan fingerprint density at radius 1 is 1.03 bits per heavy atom. The highest BCUT2D eigenvalue weighted by Crippen LogP contribution is 2.28. The van der Waals surface area contributed by atoms with Crippen LogP contribution in [-0.2, 0) is 12.8 Å². The maximum Gasteiger partial charge on any atom is 0.0715 e. The Labute approximate surface area is 188 Å². The van der Waals surface area contributed by atoms with Gasteiger partial charge in [0.15, 0.2) is 0 Å². The summed E-state index contributed by atoms with van der Waals surface area (Å²) in [5, 5.41) is 3.57. The molecule has 164 valence electrons. The van der Waals surface area contributed by atoms with Crippen LogP contribution in [0.3, 0.4) is 0 Å². The van der Waals surface area contributed by atoms with Crippen LogP contribution in [0.2, 0.25) is 0 Å². The molecule has 0 aliphatic heterocycles. The number of anilines is 2. The molecule has 0 bridgehead atoms. The molecule has 0 aliphatic carbocycles. The Morgan fingerprint density at radius 3 is 2.26 bits per heavy atom. The maximum absolute atomic E-state index is 4.94. The largest absolute Gasteiger partial charge is 0.355 e. The standard InChI is InChI=1S/C28H37N3/c1-8-22-15-23(9-2)17-26(16-22)30-25-14-12-21(6)28(18-25)31-27(10-3)24(19-29-7)13-11-20(4)5/h10,12-20,30H,3,8-9,11H2,1-2,4-7H3/b24-13+,29-19-,31-27+. The van der Waals surface area contributed by atoms with Crippen molar-refractivity contribution in [2.45, 2.75) is 53.9 Å². The first-order valence-electron chi connectivity index (χ1n) is 11.2. The van der Waals surface area contributed by atoms with Gasteiger partial charge in [0.1, 0.15) is 0 Å². The van der Waals surface area contributed by atoms with E-state index in [2.05, 4.69) is 94.0 Å². The lowest BCUT2D eigenvalue weighted by molar-refractivity contribution is 0.663. The van der Waals surface area contributed by atoms with Gasteiger partial charge < -0.3 is 5.32 Å². The van der Waals surface area contributed by atoms with E-state index in [1.165, 1.54) is 11.1 Å².